The number of morpholine rings is 1. The lowest BCUT2D eigenvalue weighted by Gasteiger charge is -2.31. The lowest BCUT2D eigenvalue weighted by molar-refractivity contribution is -0.134. The maximum absolute atomic E-state index is 11.4. The fourth-order valence-electron chi connectivity index (χ4n) is 1.70. The van der Waals surface area contributed by atoms with Crippen LogP contribution in [0.2, 0.25) is 0 Å². The summed E-state index contributed by atoms with van der Waals surface area (Å²) >= 11 is 0. The van der Waals surface area contributed by atoms with Gasteiger partial charge in [-0.05, 0) is 6.54 Å². The van der Waals surface area contributed by atoms with Crippen LogP contribution in [0.15, 0.2) is 0 Å². The van der Waals surface area contributed by atoms with Gasteiger partial charge in [0.25, 0.3) is 0 Å². The Morgan fingerprint density at radius 1 is 1.56 bits per heavy atom. The highest BCUT2D eigenvalue weighted by atomic mass is 32.2. The zero-order chi connectivity index (χ0) is 12.2. The molecule has 94 valence electrons. The molecule has 0 saturated carbocycles. The molecule has 0 bridgehead atoms. The number of carboxylic acid groups (broad SMARTS) is 1. The van der Waals surface area contributed by atoms with Crippen LogP contribution in [-0.2, 0) is 19.4 Å². The molecule has 0 aliphatic carbocycles. The van der Waals surface area contributed by atoms with Crippen molar-refractivity contribution in [2.24, 2.45) is 0 Å². The Balaban J connectivity index is 2.50. The predicted molar refractivity (Wildman–Crippen MR) is 58.1 cm³/mol. The van der Waals surface area contributed by atoms with Gasteiger partial charge in [0.1, 0.15) is 5.75 Å². The molecule has 1 fully saturated rings. The van der Waals surface area contributed by atoms with Crippen LogP contribution in [0.1, 0.15) is 6.92 Å². The number of ether oxygens (including phenoxy) is 1. The van der Waals surface area contributed by atoms with Crippen molar-refractivity contribution in [2.45, 2.75) is 13.0 Å². The van der Waals surface area contributed by atoms with Crippen LogP contribution >= 0.6 is 0 Å². The number of hydrogen-bond donors (Lipinski definition) is 1. The number of sulfone groups is 1. The van der Waals surface area contributed by atoms with Crippen molar-refractivity contribution >= 4 is 15.8 Å². The van der Waals surface area contributed by atoms with Crippen molar-refractivity contribution in [3.63, 3.8) is 0 Å². The summed E-state index contributed by atoms with van der Waals surface area (Å²) in [6.07, 6.45) is -0.405. The molecular formula is C9H17NO5S. The van der Waals surface area contributed by atoms with Gasteiger partial charge < -0.3 is 9.84 Å². The highest BCUT2D eigenvalue weighted by Crippen LogP contribution is 2.07. The smallest absolute Gasteiger partial charge is 0.318 e. The summed E-state index contributed by atoms with van der Waals surface area (Å²) in [5.74, 6) is -2.35. The van der Waals surface area contributed by atoms with Gasteiger partial charge in [-0.1, -0.05) is 6.92 Å². The van der Waals surface area contributed by atoms with Crippen LogP contribution in [0.25, 0.3) is 0 Å². The molecule has 1 saturated heterocycles. The summed E-state index contributed by atoms with van der Waals surface area (Å²) < 4.78 is 28.2. The maximum atomic E-state index is 11.4. The summed E-state index contributed by atoms with van der Waals surface area (Å²) in [6, 6.07) is 0. The Kier molecular flexibility index (Phi) is 4.69. The molecule has 1 atom stereocenters. The van der Waals surface area contributed by atoms with E-state index < -0.39 is 27.7 Å². The third-order valence-corrected chi connectivity index (χ3v) is 4.02. The van der Waals surface area contributed by atoms with E-state index in [1.165, 1.54) is 0 Å². The monoisotopic (exact) mass is 251 g/mol. The van der Waals surface area contributed by atoms with E-state index in [9.17, 15) is 13.2 Å². The first kappa shape index (κ1) is 13.4. The van der Waals surface area contributed by atoms with Crippen LogP contribution in [0.4, 0.5) is 0 Å². The van der Waals surface area contributed by atoms with Gasteiger partial charge >= 0.3 is 5.97 Å². The van der Waals surface area contributed by atoms with Gasteiger partial charge in [0.2, 0.25) is 0 Å². The second-order valence-electron chi connectivity index (χ2n) is 3.83. The summed E-state index contributed by atoms with van der Waals surface area (Å²) in [7, 11) is -3.56. The number of carboxylic acids is 1. The van der Waals surface area contributed by atoms with Gasteiger partial charge in [-0.3, -0.25) is 9.69 Å². The SMILES string of the molecule is CCN1CCOC(CS(=O)(=O)CC(=O)O)C1. The van der Waals surface area contributed by atoms with E-state index in [-0.39, 0.29) is 5.75 Å². The van der Waals surface area contributed by atoms with Crippen LogP contribution in [0.5, 0.6) is 0 Å². The molecule has 0 radical (unpaired) electrons. The van der Waals surface area contributed by atoms with Crippen molar-refractivity contribution < 1.29 is 23.1 Å². The number of rotatable bonds is 5. The number of nitrogens with zero attached hydrogens (tertiary/aromatic N) is 1. The molecular weight excluding hydrogens is 234 g/mol. The quantitative estimate of drug-likeness (QED) is 0.689. The van der Waals surface area contributed by atoms with Gasteiger partial charge in [-0.25, -0.2) is 8.42 Å². The van der Waals surface area contributed by atoms with E-state index in [2.05, 4.69) is 4.90 Å². The summed E-state index contributed by atoms with van der Waals surface area (Å²) in [6.45, 7) is 4.69. The van der Waals surface area contributed by atoms with Crippen molar-refractivity contribution in [3.8, 4) is 0 Å². The predicted octanol–water partition coefficient (Wildman–Crippen LogP) is -0.793. The summed E-state index contributed by atoms with van der Waals surface area (Å²) in [5.41, 5.74) is 0. The van der Waals surface area contributed by atoms with Crippen molar-refractivity contribution in [3.05, 3.63) is 0 Å². The number of hydrogen-bond acceptors (Lipinski definition) is 5. The fourth-order valence-corrected chi connectivity index (χ4v) is 2.96. The molecule has 0 aromatic carbocycles. The van der Waals surface area contributed by atoms with Gasteiger partial charge in [0.05, 0.1) is 18.5 Å². The normalized spacial score (nSPS) is 23.2. The van der Waals surface area contributed by atoms with Gasteiger partial charge in [-0.2, -0.15) is 0 Å². The Hall–Kier alpha value is -0.660. The van der Waals surface area contributed by atoms with Crippen molar-refractivity contribution in [1.29, 1.82) is 0 Å². The number of likely N-dealkylation sites (N-methyl/N-ethyl adjacent to an activating group) is 1. The van der Waals surface area contributed by atoms with Gasteiger partial charge in [0, 0.05) is 13.1 Å². The second kappa shape index (κ2) is 5.60. The van der Waals surface area contributed by atoms with E-state index in [1.54, 1.807) is 0 Å². The lowest BCUT2D eigenvalue weighted by atomic mass is 10.3. The third kappa shape index (κ3) is 4.46. The molecule has 1 N–H and O–H groups in total. The summed E-state index contributed by atoms with van der Waals surface area (Å²) in [5, 5.41) is 8.45. The maximum Gasteiger partial charge on any atom is 0.318 e. The Labute approximate surface area is 95.1 Å². The third-order valence-electron chi connectivity index (χ3n) is 2.45. The Morgan fingerprint density at radius 2 is 2.25 bits per heavy atom. The average molecular weight is 251 g/mol. The molecule has 0 spiro atoms. The van der Waals surface area contributed by atoms with Gasteiger partial charge in [-0.15, -0.1) is 0 Å². The average Bonchev–Trinajstić information content (AvgIpc) is 2.15. The highest BCUT2D eigenvalue weighted by molar-refractivity contribution is 7.92. The molecule has 0 aromatic rings. The number of aliphatic carboxylic acids is 1. The van der Waals surface area contributed by atoms with E-state index in [4.69, 9.17) is 9.84 Å². The van der Waals surface area contributed by atoms with Crippen LogP contribution in [-0.4, -0.2) is 68.2 Å². The topological polar surface area (TPSA) is 83.9 Å². The molecule has 0 aromatic heterocycles. The Morgan fingerprint density at radius 3 is 2.81 bits per heavy atom. The molecule has 1 aliphatic rings. The van der Waals surface area contributed by atoms with E-state index >= 15 is 0 Å². The standard InChI is InChI=1S/C9H17NO5S/c1-2-10-3-4-15-8(5-10)6-16(13,14)7-9(11)12/h8H,2-7H2,1H3,(H,11,12). The molecule has 0 amide bonds. The zero-order valence-corrected chi connectivity index (χ0v) is 10.1. The van der Waals surface area contributed by atoms with Crippen LogP contribution in [0, 0.1) is 0 Å². The van der Waals surface area contributed by atoms with Crippen molar-refractivity contribution in [1.82, 2.24) is 4.90 Å². The fraction of sp³-hybridized carbons (Fsp3) is 0.889. The van der Waals surface area contributed by atoms with E-state index in [1.807, 2.05) is 6.92 Å². The molecule has 7 heteroatoms. The first-order valence-corrected chi connectivity index (χ1v) is 7.01. The molecule has 1 rings (SSSR count). The zero-order valence-electron chi connectivity index (χ0n) is 9.26. The second-order valence-corrected chi connectivity index (χ2v) is 5.94. The van der Waals surface area contributed by atoms with Crippen molar-refractivity contribution in [2.75, 3.05) is 37.7 Å². The molecule has 1 aliphatic heterocycles. The first-order chi connectivity index (χ1) is 7.43. The minimum absolute atomic E-state index is 0.213. The lowest BCUT2D eigenvalue weighted by Crippen LogP contribution is -2.45. The summed E-state index contributed by atoms with van der Waals surface area (Å²) in [4.78, 5) is 12.4. The van der Waals surface area contributed by atoms with E-state index in [0.717, 1.165) is 13.1 Å². The minimum atomic E-state index is -3.56. The first-order valence-electron chi connectivity index (χ1n) is 5.19. The number of carbonyl (C=O) groups is 1. The van der Waals surface area contributed by atoms with E-state index in [0.29, 0.717) is 13.2 Å². The molecule has 6 nitrogen and oxygen atoms in total. The molecule has 1 unspecified atom stereocenters. The molecule has 16 heavy (non-hydrogen) atoms. The highest BCUT2D eigenvalue weighted by Gasteiger charge is 2.26. The molecule has 1 heterocycles. The largest absolute Gasteiger partial charge is 0.480 e. The van der Waals surface area contributed by atoms with Crippen LogP contribution < -0.4 is 0 Å². The van der Waals surface area contributed by atoms with Gasteiger partial charge in [0.15, 0.2) is 9.84 Å². The Bertz CT molecular complexity index is 340. The van der Waals surface area contributed by atoms with Crippen LogP contribution in [0.3, 0.4) is 0 Å². The minimum Gasteiger partial charge on any atom is -0.480 e.